The molecule has 1 heterocycles. The van der Waals surface area contributed by atoms with Gasteiger partial charge in [0.2, 0.25) is 5.91 Å². The molecule has 1 saturated heterocycles. The number of nitrogens with zero attached hydrogens (tertiary/aromatic N) is 2. The highest BCUT2D eigenvalue weighted by Gasteiger charge is 2.24. The van der Waals surface area contributed by atoms with E-state index in [9.17, 15) is 9.59 Å². The van der Waals surface area contributed by atoms with Crippen molar-refractivity contribution in [3.05, 3.63) is 59.7 Å². The average Bonchev–Trinajstić information content (AvgIpc) is 2.74. The Morgan fingerprint density at radius 1 is 0.862 bits per heavy atom. The van der Waals surface area contributed by atoms with Gasteiger partial charge in [-0.3, -0.25) is 9.59 Å². The van der Waals surface area contributed by atoms with E-state index in [1.54, 1.807) is 4.90 Å². The van der Waals surface area contributed by atoms with Gasteiger partial charge in [0.05, 0.1) is 13.0 Å². The number of benzene rings is 2. The standard InChI is InChI=1S/C23H28N2O4/c1-3-28-20-9-7-19(8-10-20)16-22(26)24-11-13-25(14-12-24)23(27)17-29-21-6-4-5-18(2)15-21/h4-10,15H,3,11-14,16-17H2,1-2H3. The molecular formula is C23H28N2O4. The van der Waals surface area contributed by atoms with Gasteiger partial charge in [0.15, 0.2) is 6.61 Å². The minimum Gasteiger partial charge on any atom is -0.494 e. The molecule has 1 aliphatic rings. The van der Waals surface area contributed by atoms with Crippen molar-refractivity contribution in [3.8, 4) is 11.5 Å². The van der Waals surface area contributed by atoms with Gasteiger partial charge in [-0.25, -0.2) is 0 Å². The molecule has 1 aliphatic heterocycles. The van der Waals surface area contributed by atoms with Crippen molar-refractivity contribution >= 4 is 11.8 Å². The van der Waals surface area contributed by atoms with E-state index >= 15 is 0 Å². The molecule has 6 heteroatoms. The summed E-state index contributed by atoms with van der Waals surface area (Å²) >= 11 is 0. The van der Waals surface area contributed by atoms with Crippen LogP contribution in [-0.4, -0.2) is 61.0 Å². The summed E-state index contributed by atoms with van der Waals surface area (Å²) in [5, 5.41) is 0. The summed E-state index contributed by atoms with van der Waals surface area (Å²) in [6.07, 6.45) is 0.358. The maximum absolute atomic E-state index is 12.6. The van der Waals surface area contributed by atoms with Gasteiger partial charge in [-0.05, 0) is 49.2 Å². The highest BCUT2D eigenvalue weighted by Crippen LogP contribution is 2.15. The van der Waals surface area contributed by atoms with Crippen LogP contribution in [0.5, 0.6) is 11.5 Å². The number of carbonyl (C=O) groups excluding carboxylic acids is 2. The molecule has 0 spiro atoms. The number of rotatable bonds is 7. The molecule has 2 aromatic rings. The molecule has 2 amide bonds. The zero-order valence-electron chi connectivity index (χ0n) is 17.1. The first-order chi connectivity index (χ1) is 14.0. The second-order valence-corrected chi connectivity index (χ2v) is 7.12. The number of amides is 2. The molecule has 0 saturated carbocycles. The fourth-order valence-corrected chi connectivity index (χ4v) is 3.30. The van der Waals surface area contributed by atoms with Crippen LogP contribution in [0.2, 0.25) is 0 Å². The Labute approximate surface area is 172 Å². The van der Waals surface area contributed by atoms with E-state index in [1.165, 1.54) is 0 Å². The lowest BCUT2D eigenvalue weighted by molar-refractivity contribution is -0.140. The highest BCUT2D eigenvalue weighted by atomic mass is 16.5. The number of piperazine rings is 1. The first kappa shape index (κ1) is 20.7. The van der Waals surface area contributed by atoms with Crippen molar-refractivity contribution in [1.29, 1.82) is 0 Å². The Bertz CT molecular complexity index is 827. The van der Waals surface area contributed by atoms with E-state index in [2.05, 4.69) is 0 Å². The number of ether oxygens (including phenoxy) is 2. The van der Waals surface area contributed by atoms with Crippen LogP contribution in [0.25, 0.3) is 0 Å². The Balaban J connectivity index is 1.43. The third-order valence-electron chi connectivity index (χ3n) is 4.93. The van der Waals surface area contributed by atoms with Gasteiger partial charge in [0.25, 0.3) is 5.91 Å². The summed E-state index contributed by atoms with van der Waals surface area (Å²) < 4.78 is 11.0. The third-order valence-corrected chi connectivity index (χ3v) is 4.93. The Morgan fingerprint density at radius 2 is 1.52 bits per heavy atom. The molecular weight excluding hydrogens is 368 g/mol. The molecule has 0 atom stereocenters. The minimum atomic E-state index is -0.0508. The molecule has 154 valence electrons. The summed E-state index contributed by atoms with van der Waals surface area (Å²) in [4.78, 5) is 28.5. The van der Waals surface area contributed by atoms with Gasteiger partial charge in [0.1, 0.15) is 11.5 Å². The maximum atomic E-state index is 12.6. The Morgan fingerprint density at radius 3 is 2.14 bits per heavy atom. The first-order valence-electron chi connectivity index (χ1n) is 10.0. The smallest absolute Gasteiger partial charge is 0.260 e. The van der Waals surface area contributed by atoms with Crippen molar-refractivity contribution < 1.29 is 19.1 Å². The van der Waals surface area contributed by atoms with Crippen molar-refractivity contribution in [2.24, 2.45) is 0 Å². The van der Waals surface area contributed by atoms with E-state index in [1.807, 2.05) is 67.3 Å². The van der Waals surface area contributed by atoms with Gasteiger partial charge < -0.3 is 19.3 Å². The van der Waals surface area contributed by atoms with E-state index in [0.29, 0.717) is 45.0 Å². The van der Waals surface area contributed by atoms with Crippen molar-refractivity contribution in [2.45, 2.75) is 20.3 Å². The predicted molar refractivity (Wildman–Crippen MR) is 111 cm³/mol. The van der Waals surface area contributed by atoms with Gasteiger partial charge in [0, 0.05) is 26.2 Å². The highest BCUT2D eigenvalue weighted by molar-refractivity contribution is 5.80. The molecule has 0 unspecified atom stereocenters. The Hall–Kier alpha value is -3.02. The molecule has 0 aliphatic carbocycles. The second kappa shape index (κ2) is 9.96. The van der Waals surface area contributed by atoms with Crippen molar-refractivity contribution in [1.82, 2.24) is 9.80 Å². The van der Waals surface area contributed by atoms with Crippen molar-refractivity contribution in [3.63, 3.8) is 0 Å². The minimum absolute atomic E-state index is 0.0174. The zero-order valence-corrected chi connectivity index (χ0v) is 17.1. The lowest BCUT2D eigenvalue weighted by Crippen LogP contribution is -2.52. The van der Waals surface area contributed by atoms with E-state index < -0.39 is 0 Å². The van der Waals surface area contributed by atoms with Gasteiger partial charge in [-0.1, -0.05) is 24.3 Å². The molecule has 6 nitrogen and oxygen atoms in total. The first-order valence-corrected chi connectivity index (χ1v) is 10.0. The SMILES string of the molecule is CCOc1ccc(CC(=O)N2CCN(C(=O)COc3cccc(C)c3)CC2)cc1. The normalized spacial score (nSPS) is 13.9. The van der Waals surface area contributed by atoms with Crippen molar-refractivity contribution in [2.75, 3.05) is 39.4 Å². The van der Waals surface area contributed by atoms with Gasteiger partial charge >= 0.3 is 0 Å². The predicted octanol–water partition coefficient (Wildman–Crippen LogP) is 2.69. The summed E-state index contributed by atoms with van der Waals surface area (Å²) in [5.41, 5.74) is 2.05. The van der Waals surface area contributed by atoms with E-state index in [0.717, 1.165) is 16.9 Å². The van der Waals surface area contributed by atoms with Crippen LogP contribution < -0.4 is 9.47 Å². The van der Waals surface area contributed by atoms with Gasteiger partial charge in [-0.2, -0.15) is 0 Å². The summed E-state index contributed by atoms with van der Waals surface area (Å²) in [6, 6.07) is 15.3. The zero-order chi connectivity index (χ0) is 20.6. The van der Waals surface area contributed by atoms with Gasteiger partial charge in [-0.15, -0.1) is 0 Å². The number of carbonyl (C=O) groups is 2. The molecule has 1 fully saturated rings. The topological polar surface area (TPSA) is 59.1 Å². The van der Waals surface area contributed by atoms with Crippen LogP contribution in [0.4, 0.5) is 0 Å². The van der Waals surface area contributed by atoms with Crippen LogP contribution in [0.1, 0.15) is 18.1 Å². The van der Waals surface area contributed by atoms with E-state index in [-0.39, 0.29) is 18.4 Å². The largest absolute Gasteiger partial charge is 0.494 e. The number of hydrogen-bond donors (Lipinski definition) is 0. The monoisotopic (exact) mass is 396 g/mol. The molecule has 2 aromatic carbocycles. The molecule has 3 rings (SSSR count). The molecule has 29 heavy (non-hydrogen) atoms. The quantitative estimate of drug-likeness (QED) is 0.722. The lowest BCUT2D eigenvalue weighted by Gasteiger charge is -2.34. The number of hydrogen-bond acceptors (Lipinski definition) is 4. The maximum Gasteiger partial charge on any atom is 0.260 e. The van der Waals surface area contributed by atoms with Crippen LogP contribution in [-0.2, 0) is 16.0 Å². The summed E-state index contributed by atoms with van der Waals surface area (Å²) in [7, 11) is 0. The summed E-state index contributed by atoms with van der Waals surface area (Å²) in [5.74, 6) is 1.54. The molecule has 0 bridgehead atoms. The van der Waals surface area contributed by atoms with Crippen LogP contribution >= 0.6 is 0 Å². The summed E-state index contributed by atoms with van der Waals surface area (Å²) in [6.45, 7) is 6.73. The molecule has 0 radical (unpaired) electrons. The molecule has 0 aromatic heterocycles. The Kier molecular flexibility index (Phi) is 7.11. The average molecular weight is 396 g/mol. The fraction of sp³-hybridized carbons (Fsp3) is 0.391. The molecule has 0 N–H and O–H groups in total. The lowest BCUT2D eigenvalue weighted by atomic mass is 10.1. The third kappa shape index (κ3) is 5.98. The fourth-order valence-electron chi connectivity index (χ4n) is 3.30. The van der Waals surface area contributed by atoms with E-state index in [4.69, 9.17) is 9.47 Å². The van der Waals surface area contributed by atoms with Crippen LogP contribution in [0.15, 0.2) is 48.5 Å². The van der Waals surface area contributed by atoms with Crippen LogP contribution in [0.3, 0.4) is 0 Å². The second-order valence-electron chi connectivity index (χ2n) is 7.12. The number of aryl methyl sites for hydroxylation is 1. The van der Waals surface area contributed by atoms with Crippen LogP contribution in [0, 0.1) is 6.92 Å².